The van der Waals surface area contributed by atoms with Gasteiger partial charge < -0.3 is 37.8 Å². The minimum absolute atomic E-state index is 0.0116. The SMILES string of the molecule is CCCOc1c2cccc1Cc1cc(C(=O)P(=O)(OCC)OCC)cc(c1O)Cc1cccc(c1OCCC)Cc1cc(C(=O)P(=O)(OCC)OCC)cc(c1O)C2. The maximum Gasteiger partial charge on any atom is 0.401 e. The number of carbonyl (C=O) groups is 2. The fraction of sp³-hybridized carbons (Fsp3) is 0.409. The Hall–Kier alpha value is -4.28. The van der Waals surface area contributed by atoms with Gasteiger partial charge in [-0.15, -0.1) is 0 Å². The highest BCUT2D eigenvalue weighted by Crippen LogP contribution is 2.53. The fourth-order valence-corrected chi connectivity index (χ4v) is 9.91. The fourth-order valence-electron chi connectivity index (χ4n) is 7.04. The summed E-state index contributed by atoms with van der Waals surface area (Å²) in [5, 5.41) is 24.0. The lowest BCUT2D eigenvalue weighted by Crippen LogP contribution is -2.11. The predicted octanol–water partition coefficient (Wildman–Crippen LogP) is 10.2. The van der Waals surface area contributed by atoms with Crippen LogP contribution in [-0.2, 0) is 52.9 Å². The third kappa shape index (κ3) is 9.94. The Labute approximate surface area is 340 Å². The molecule has 312 valence electrons. The molecular formula is C44H54O12P2. The molecule has 0 atom stereocenters. The van der Waals surface area contributed by atoms with Gasteiger partial charge in [-0.2, -0.15) is 0 Å². The van der Waals surface area contributed by atoms with E-state index in [1.807, 2.05) is 50.2 Å². The third-order valence-corrected chi connectivity index (χ3v) is 13.4. The van der Waals surface area contributed by atoms with Crippen LogP contribution < -0.4 is 9.47 Å². The molecule has 0 amide bonds. The van der Waals surface area contributed by atoms with Crippen molar-refractivity contribution in [2.75, 3.05) is 39.6 Å². The van der Waals surface area contributed by atoms with Crippen molar-refractivity contribution in [1.29, 1.82) is 0 Å². The van der Waals surface area contributed by atoms with Gasteiger partial charge in [-0.05, 0) is 109 Å². The first kappa shape index (κ1) is 44.8. The van der Waals surface area contributed by atoms with Crippen LogP contribution in [0.25, 0.3) is 0 Å². The summed E-state index contributed by atoms with van der Waals surface area (Å²) in [6, 6.07) is 17.1. The van der Waals surface area contributed by atoms with Crippen LogP contribution in [0.4, 0.5) is 0 Å². The molecular weight excluding hydrogens is 782 g/mol. The Bertz CT molecular complexity index is 1950. The Kier molecular flexibility index (Phi) is 15.5. The van der Waals surface area contributed by atoms with Gasteiger partial charge in [-0.3, -0.25) is 18.7 Å². The monoisotopic (exact) mass is 836 g/mol. The molecule has 0 saturated heterocycles. The van der Waals surface area contributed by atoms with Crippen LogP contribution in [0.2, 0.25) is 0 Å². The van der Waals surface area contributed by atoms with Crippen molar-refractivity contribution in [3.63, 3.8) is 0 Å². The first-order valence-corrected chi connectivity index (χ1v) is 23.0. The van der Waals surface area contributed by atoms with Crippen LogP contribution in [0.5, 0.6) is 23.0 Å². The van der Waals surface area contributed by atoms with Crippen LogP contribution in [0.15, 0.2) is 60.7 Å². The largest absolute Gasteiger partial charge is 0.507 e. The highest BCUT2D eigenvalue weighted by Gasteiger charge is 2.37. The van der Waals surface area contributed by atoms with Gasteiger partial charge in [0.05, 0.1) is 39.6 Å². The van der Waals surface area contributed by atoms with E-state index in [9.17, 15) is 28.9 Å². The number of rotatable bonds is 18. The summed E-state index contributed by atoms with van der Waals surface area (Å²) in [4.78, 5) is 28.1. The molecule has 0 aromatic heterocycles. The van der Waals surface area contributed by atoms with Crippen LogP contribution >= 0.6 is 15.2 Å². The van der Waals surface area contributed by atoms with Crippen molar-refractivity contribution in [2.45, 2.75) is 80.1 Å². The zero-order valence-electron chi connectivity index (χ0n) is 34.1. The maximum atomic E-state index is 14.0. The van der Waals surface area contributed by atoms with Crippen LogP contribution in [0.3, 0.4) is 0 Å². The summed E-state index contributed by atoms with van der Waals surface area (Å²) in [5.41, 5.74) is 2.63. The topological polar surface area (TPSA) is 164 Å². The molecule has 4 aromatic rings. The Morgan fingerprint density at radius 2 is 0.776 bits per heavy atom. The van der Waals surface area contributed by atoms with E-state index >= 15 is 0 Å². The van der Waals surface area contributed by atoms with Crippen molar-refractivity contribution in [3.05, 3.63) is 116 Å². The smallest absolute Gasteiger partial charge is 0.401 e. The highest BCUT2D eigenvalue weighted by molar-refractivity contribution is 7.73. The van der Waals surface area contributed by atoms with Crippen LogP contribution in [0.1, 0.15) is 120 Å². The molecule has 0 radical (unpaired) electrons. The van der Waals surface area contributed by atoms with Gasteiger partial charge in [0.2, 0.25) is 0 Å². The number of phenols is 2. The van der Waals surface area contributed by atoms with Gasteiger partial charge in [0.1, 0.15) is 23.0 Å². The van der Waals surface area contributed by atoms with Gasteiger partial charge in [-0.25, -0.2) is 0 Å². The average Bonchev–Trinajstić information content (AvgIpc) is 3.19. The molecule has 58 heavy (non-hydrogen) atoms. The molecule has 12 nitrogen and oxygen atoms in total. The van der Waals surface area contributed by atoms with Gasteiger partial charge in [0, 0.05) is 36.8 Å². The minimum Gasteiger partial charge on any atom is -0.507 e. The lowest BCUT2D eigenvalue weighted by atomic mass is 9.90. The molecule has 1 aliphatic carbocycles. The molecule has 0 saturated carbocycles. The molecule has 0 unspecified atom stereocenters. The van der Waals surface area contributed by atoms with E-state index in [4.69, 9.17) is 27.6 Å². The van der Waals surface area contributed by atoms with E-state index in [2.05, 4.69) is 0 Å². The third-order valence-electron chi connectivity index (χ3n) is 9.50. The van der Waals surface area contributed by atoms with Crippen molar-refractivity contribution >= 4 is 26.2 Å². The summed E-state index contributed by atoms with van der Waals surface area (Å²) in [6.07, 6.45) is 1.76. The summed E-state index contributed by atoms with van der Waals surface area (Å²) < 4.78 is 62.2. The Morgan fingerprint density at radius 1 is 0.500 bits per heavy atom. The van der Waals surface area contributed by atoms with Crippen LogP contribution in [-0.4, -0.2) is 60.9 Å². The van der Waals surface area contributed by atoms with Crippen molar-refractivity contribution in [1.82, 2.24) is 0 Å². The number of ether oxygens (including phenoxy) is 2. The molecule has 0 spiro atoms. The zero-order valence-corrected chi connectivity index (χ0v) is 35.9. The van der Waals surface area contributed by atoms with Gasteiger partial charge >= 0.3 is 15.2 Å². The Balaban J connectivity index is 1.82. The normalized spacial score (nSPS) is 12.9. The number of benzene rings is 4. The number of para-hydroxylation sites is 2. The molecule has 5 rings (SSSR count). The second-order valence-corrected chi connectivity index (χ2v) is 17.6. The second kappa shape index (κ2) is 20.1. The number of hydrogen-bond donors (Lipinski definition) is 2. The van der Waals surface area contributed by atoms with Gasteiger partial charge in [-0.1, -0.05) is 50.2 Å². The maximum absolute atomic E-state index is 14.0. The first-order valence-electron chi connectivity index (χ1n) is 19.9. The number of hydrogen-bond acceptors (Lipinski definition) is 12. The first-order chi connectivity index (χ1) is 27.9. The zero-order chi connectivity index (χ0) is 42.0. The van der Waals surface area contributed by atoms with Crippen LogP contribution in [0, 0.1) is 0 Å². The highest BCUT2D eigenvalue weighted by atomic mass is 31.2. The molecule has 8 bridgehead atoms. The molecule has 0 heterocycles. The summed E-state index contributed by atoms with van der Waals surface area (Å²) in [5.74, 6) is 0.889. The summed E-state index contributed by atoms with van der Waals surface area (Å²) in [6.45, 7) is 11.1. The molecule has 1 aliphatic rings. The number of carbonyl (C=O) groups excluding carboxylic acids is 2. The number of fused-ring (bicyclic) bond motifs is 8. The van der Waals surface area contributed by atoms with Gasteiger partial charge in [0.15, 0.2) is 0 Å². The van der Waals surface area contributed by atoms with Crippen molar-refractivity contribution in [2.24, 2.45) is 0 Å². The summed E-state index contributed by atoms with van der Waals surface area (Å²) in [7, 11) is -8.48. The molecule has 0 aliphatic heterocycles. The van der Waals surface area contributed by atoms with E-state index in [0.717, 1.165) is 0 Å². The molecule has 4 aromatic carbocycles. The van der Waals surface area contributed by atoms with E-state index in [-0.39, 0.29) is 74.7 Å². The van der Waals surface area contributed by atoms with Crippen molar-refractivity contribution < 1.29 is 56.5 Å². The van der Waals surface area contributed by atoms with Gasteiger partial charge in [0.25, 0.3) is 11.0 Å². The quantitative estimate of drug-likeness (QED) is 0.0804. The van der Waals surface area contributed by atoms with E-state index in [1.165, 1.54) is 24.3 Å². The lowest BCUT2D eigenvalue weighted by Gasteiger charge is -2.22. The molecule has 0 fully saturated rings. The molecule has 14 heteroatoms. The van der Waals surface area contributed by atoms with E-state index < -0.39 is 26.2 Å². The number of phenolic OH excluding ortho intramolecular Hbond substituents is 2. The lowest BCUT2D eigenvalue weighted by molar-refractivity contribution is 0.0997. The molecule has 2 N–H and O–H groups in total. The Morgan fingerprint density at radius 3 is 1.02 bits per heavy atom. The minimum atomic E-state index is -4.24. The summed E-state index contributed by atoms with van der Waals surface area (Å²) >= 11 is 0. The van der Waals surface area contributed by atoms with Crippen molar-refractivity contribution in [3.8, 4) is 23.0 Å². The number of aromatic hydroxyl groups is 2. The standard InChI is InChI=1S/C44H54O12P2/c1-7-19-51-41-29-15-13-16-30(41)22-34-26-38(44(48)58(50,55-11-5)56-12-6)28-36(40(34)46)24-32-18-14-17-31(42(32)52-20-8-2)23-35-27-37(25-33(21-29)39(35)45)43(47)57(49,53-9-3)54-10-4/h13-18,25-28,45-46H,7-12,19-24H2,1-6H3. The average molecular weight is 837 g/mol. The van der Waals surface area contributed by atoms with E-state index in [0.29, 0.717) is 82.1 Å². The predicted molar refractivity (Wildman–Crippen MR) is 222 cm³/mol. The van der Waals surface area contributed by atoms with E-state index in [1.54, 1.807) is 27.7 Å². The second-order valence-electron chi connectivity index (χ2n) is 13.8.